The molecule has 0 aliphatic rings. The van der Waals surface area contributed by atoms with Gasteiger partial charge in [0.1, 0.15) is 12.4 Å². The molecule has 0 spiro atoms. The third kappa shape index (κ3) is 3.72. The van der Waals surface area contributed by atoms with Crippen molar-refractivity contribution in [3.05, 3.63) is 61.5 Å². The Kier molecular flexibility index (Phi) is 5.28. The van der Waals surface area contributed by atoms with Gasteiger partial charge in [0.2, 0.25) is 0 Å². The molecule has 0 unspecified atom stereocenters. The lowest BCUT2D eigenvalue weighted by molar-refractivity contribution is 0.258. The van der Waals surface area contributed by atoms with Crippen LogP contribution in [0.25, 0.3) is 0 Å². The molecule has 0 bridgehead atoms. The lowest BCUT2D eigenvalue weighted by atomic mass is 10.2. The van der Waals surface area contributed by atoms with Gasteiger partial charge in [-0.1, -0.05) is 45.7 Å². The van der Waals surface area contributed by atoms with Gasteiger partial charge in [-0.25, -0.2) is 0 Å². The van der Waals surface area contributed by atoms with Crippen LogP contribution in [-0.4, -0.2) is 5.11 Å². The number of benzene rings is 2. The van der Waals surface area contributed by atoms with E-state index < -0.39 is 0 Å². The molecule has 0 radical (unpaired) electrons. The van der Waals surface area contributed by atoms with E-state index in [-0.39, 0.29) is 6.61 Å². The summed E-state index contributed by atoms with van der Waals surface area (Å²) in [5, 5.41) is 9.94. The van der Waals surface area contributed by atoms with Gasteiger partial charge in [0.15, 0.2) is 0 Å². The third-order valence-corrected chi connectivity index (χ3v) is 4.08. The van der Waals surface area contributed by atoms with Gasteiger partial charge in [-0.05, 0) is 34.1 Å². The lowest BCUT2D eigenvalue weighted by Gasteiger charge is -2.13. The average molecular weight is 407 g/mol. The van der Waals surface area contributed by atoms with Gasteiger partial charge in [0.25, 0.3) is 0 Å². The summed E-state index contributed by atoms with van der Waals surface area (Å²) in [4.78, 5) is 0. The molecule has 2 rings (SSSR count). The van der Waals surface area contributed by atoms with E-state index in [1.165, 1.54) is 0 Å². The molecule has 2 aromatic carbocycles. The van der Waals surface area contributed by atoms with E-state index in [0.717, 1.165) is 20.1 Å². The smallest absolute Gasteiger partial charge is 0.139 e. The molecule has 0 amide bonds. The van der Waals surface area contributed by atoms with Crippen LogP contribution in [0, 0.1) is 0 Å². The summed E-state index contributed by atoms with van der Waals surface area (Å²) in [6.45, 7) is 0.282. The molecule has 0 aromatic heterocycles. The van der Waals surface area contributed by atoms with Crippen molar-refractivity contribution < 1.29 is 9.84 Å². The predicted octanol–water partition coefficient (Wildman–Crippen LogP) is 4.94. The molecule has 2 nitrogen and oxygen atoms in total. The fraction of sp³-hybridized carbons (Fsp3) is 0.143. The Morgan fingerprint density at radius 3 is 2.58 bits per heavy atom. The van der Waals surface area contributed by atoms with Crippen molar-refractivity contribution in [2.75, 3.05) is 0 Å². The largest absolute Gasteiger partial charge is 0.487 e. The maximum atomic E-state index is 9.30. The lowest BCUT2D eigenvalue weighted by Crippen LogP contribution is -2.00. The molecule has 0 saturated heterocycles. The minimum atomic E-state index is -0.0666. The van der Waals surface area contributed by atoms with Crippen LogP contribution in [0.4, 0.5) is 0 Å². The molecular weight excluding hydrogens is 395 g/mol. The summed E-state index contributed by atoms with van der Waals surface area (Å²) < 4.78 is 7.50. The Balaban J connectivity index is 2.19. The van der Waals surface area contributed by atoms with Crippen molar-refractivity contribution in [2.24, 2.45) is 0 Å². The van der Waals surface area contributed by atoms with Crippen LogP contribution >= 0.6 is 43.5 Å². The van der Waals surface area contributed by atoms with Gasteiger partial charge in [0, 0.05) is 20.6 Å². The van der Waals surface area contributed by atoms with Crippen LogP contribution in [0.15, 0.2) is 45.3 Å². The van der Waals surface area contributed by atoms with Crippen LogP contribution in [-0.2, 0) is 13.2 Å². The Hall–Kier alpha value is -0.550. The van der Waals surface area contributed by atoms with Crippen molar-refractivity contribution >= 4 is 43.5 Å². The van der Waals surface area contributed by atoms with Crippen molar-refractivity contribution in [2.45, 2.75) is 13.2 Å². The average Bonchev–Trinajstić information content (AvgIpc) is 2.39. The van der Waals surface area contributed by atoms with Crippen LogP contribution < -0.4 is 4.74 Å². The fourth-order valence-corrected chi connectivity index (χ4v) is 2.88. The summed E-state index contributed by atoms with van der Waals surface area (Å²) in [5.74, 6) is 0.643. The SMILES string of the molecule is OCc1cccc(Br)c1OCc1ccc(Br)cc1Cl. The van der Waals surface area contributed by atoms with Crippen molar-refractivity contribution in [1.29, 1.82) is 0 Å². The zero-order valence-corrected chi connectivity index (χ0v) is 13.8. The minimum absolute atomic E-state index is 0.0666. The molecule has 0 saturated carbocycles. The Morgan fingerprint density at radius 1 is 1.11 bits per heavy atom. The summed E-state index contributed by atoms with van der Waals surface area (Å²) in [7, 11) is 0. The normalized spacial score (nSPS) is 10.5. The molecular formula is C14H11Br2ClO2. The number of hydrogen-bond acceptors (Lipinski definition) is 2. The number of halogens is 3. The standard InChI is InChI=1S/C14H11Br2ClO2/c15-11-5-4-10(13(17)6-11)8-19-14-9(7-18)2-1-3-12(14)16/h1-6,18H,7-8H2. The highest BCUT2D eigenvalue weighted by Gasteiger charge is 2.09. The molecule has 19 heavy (non-hydrogen) atoms. The highest BCUT2D eigenvalue weighted by Crippen LogP contribution is 2.31. The molecule has 0 aliphatic heterocycles. The summed E-state index contributed by atoms with van der Waals surface area (Å²) in [6.07, 6.45) is 0. The molecule has 2 aromatic rings. The molecule has 0 aliphatic carbocycles. The van der Waals surface area contributed by atoms with E-state index in [1.807, 2.05) is 36.4 Å². The minimum Gasteiger partial charge on any atom is -0.487 e. The van der Waals surface area contributed by atoms with Crippen LogP contribution in [0.5, 0.6) is 5.75 Å². The van der Waals surface area contributed by atoms with Crippen LogP contribution in [0.1, 0.15) is 11.1 Å². The Morgan fingerprint density at radius 2 is 1.89 bits per heavy atom. The topological polar surface area (TPSA) is 29.5 Å². The molecule has 100 valence electrons. The highest BCUT2D eigenvalue weighted by molar-refractivity contribution is 9.10. The maximum Gasteiger partial charge on any atom is 0.139 e. The molecule has 5 heteroatoms. The van der Waals surface area contributed by atoms with Gasteiger partial charge in [-0.2, -0.15) is 0 Å². The number of hydrogen-bond donors (Lipinski definition) is 1. The van der Waals surface area contributed by atoms with Gasteiger partial charge < -0.3 is 9.84 Å². The zero-order chi connectivity index (χ0) is 13.8. The number of ether oxygens (including phenoxy) is 1. The van der Waals surface area contributed by atoms with Crippen molar-refractivity contribution in [3.63, 3.8) is 0 Å². The summed E-state index contributed by atoms with van der Waals surface area (Å²) in [6, 6.07) is 11.2. The van der Waals surface area contributed by atoms with Crippen LogP contribution in [0.3, 0.4) is 0 Å². The van der Waals surface area contributed by atoms with Crippen molar-refractivity contribution in [1.82, 2.24) is 0 Å². The van der Waals surface area contributed by atoms with Crippen LogP contribution in [0.2, 0.25) is 5.02 Å². The number of rotatable bonds is 4. The second-order valence-corrected chi connectivity index (χ2v) is 6.09. The quantitative estimate of drug-likeness (QED) is 0.780. The first-order chi connectivity index (χ1) is 9.11. The molecule has 0 atom stereocenters. The second-order valence-electron chi connectivity index (χ2n) is 3.91. The molecule has 0 heterocycles. The van der Waals surface area contributed by atoms with Gasteiger partial charge >= 0.3 is 0 Å². The number of aliphatic hydroxyl groups excluding tert-OH is 1. The second kappa shape index (κ2) is 6.75. The zero-order valence-electron chi connectivity index (χ0n) is 9.87. The Bertz CT molecular complexity index is 588. The van der Waals surface area contributed by atoms with E-state index >= 15 is 0 Å². The van der Waals surface area contributed by atoms with E-state index in [4.69, 9.17) is 16.3 Å². The first kappa shape index (κ1) is 14.9. The van der Waals surface area contributed by atoms with Gasteiger partial charge in [0.05, 0.1) is 11.1 Å². The van der Waals surface area contributed by atoms with Gasteiger partial charge in [-0.15, -0.1) is 0 Å². The highest BCUT2D eigenvalue weighted by atomic mass is 79.9. The monoisotopic (exact) mass is 404 g/mol. The maximum absolute atomic E-state index is 9.30. The molecule has 0 fully saturated rings. The number of para-hydroxylation sites is 1. The molecule has 1 N–H and O–H groups in total. The first-order valence-corrected chi connectivity index (χ1v) is 7.53. The van der Waals surface area contributed by atoms with Gasteiger partial charge in [-0.3, -0.25) is 0 Å². The fourth-order valence-electron chi connectivity index (χ4n) is 1.63. The number of aliphatic hydroxyl groups is 1. The summed E-state index contributed by atoms with van der Waals surface area (Å²) in [5.41, 5.74) is 1.63. The van der Waals surface area contributed by atoms with E-state index in [1.54, 1.807) is 0 Å². The van der Waals surface area contributed by atoms with E-state index in [2.05, 4.69) is 31.9 Å². The van der Waals surface area contributed by atoms with E-state index in [9.17, 15) is 5.11 Å². The Labute approximate surface area is 133 Å². The third-order valence-electron chi connectivity index (χ3n) is 2.61. The first-order valence-electron chi connectivity index (χ1n) is 5.57. The summed E-state index contributed by atoms with van der Waals surface area (Å²) >= 11 is 12.9. The predicted molar refractivity (Wildman–Crippen MR) is 83.5 cm³/mol. The van der Waals surface area contributed by atoms with Crippen molar-refractivity contribution in [3.8, 4) is 5.75 Å². The van der Waals surface area contributed by atoms with E-state index in [0.29, 0.717) is 17.4 Å².